The first-order valence-electron chi connectivity index (χ1n) is 5.72. The summed E-state index contributed by atoms with van der Waals surface area (Å²) >= 11 is 0. The van der Waals surface area contributed by atoms with Gasteiger partial charge in [-0.3, -0.25) is 0 Å². The second-order valence-corrected chi connectivity index (χ2v) is 4.05. The van der Waals surface area contributed by atoms with Crippen molar-refractivity contribution in [3.05, 3.63) is 23.8 Å². The minimum atomic E-state index is -0.587. The molecule has 0 radical (unpaired) electrons. The fourth-order valence-corrected chi connectivity index (χ4v) is 2.08. The van der Waals surface area contributed by atoms with Crippen molar-refractivity contribution in [2.45, 2.75) is 0 Å². The van der Waals surface area contributed by atoms with Crippen LogP contribution in [0.4, 0.5) is 0 Å². The molecular weight excluding hydrogens is 264 g/mol. The van der Waals surface area contributed by atoms with Crippen molar-refractivity contribution in [3.8, 4) is 23.0 Å². The highest BCUT2D eigenvalue weighted by Gasteiger charge is 2.19. The van der Waals surface area contributed by atoms with E-state index in [0.29, 0.717) is 10.8 Å². The zero-order valence-corrected chi connectivity index (χ0v) is 11.3. The zero-order chi connectivity index (χ0) is 14.9. The SMILES string of the molecule is COC(=O)c1cc(O)c2c(OC)c(OC)c(O)cc2c1. The summed E-state index contributed by atoms with van der Waals surface area (Å²) in [5.41, 5.74) is 0.170. The molecule has 0 spiro atoms. The summed E-state index contributed by atoms with van der Waals surface area (Å²) in [6, 6.07) is 4.14. The molecule has 6 heteroatoms. The molecule has 0 aliphatic heterocycles. The number of hydrogen-bond acceptors (Lipinski definition) is 6. The Bertz CT molecular complexity index is 677. The molecular formula is C14H14O6. The number of aromatic hydroxyl groups is 2. The van der Waals surface area contributed by atoms with Crippen LogP contribution < -0.4 is 9.47 Å². The van der Waals surface area contributed by atoms with Crippen molar-refractivity contribution in [2.24, 2.45) is 0 Å². The Hall–Kier alpha value is -2.63. The molecule has 6 nitrogen and oxygen atoms in total. The van der Waals surface area contributed by atoms with E-state index in [1.54, 1.807) is 0 Å². The monoisotopic (exact) mass is 278 g/mol. The van der Waals surface area contributed by atoms with Gasteiger partial charge < -0.3 is 24.4 Å². The third-order valence-corrected chi connectivity index (χ3v) is 2.94. The summed E-state index contributed by atoms with van der Waals surface area (Å²) in [6.07, 6.45) is 0. The van der Waals surface area contributed by atoms with E-state index in [0.717, 1.165) is 0 Å². The largest absolute Gasteiger partial charge is 0.507 e. The van der Waals surface area contributed by atoms with Crippen LogP contribution in [-0.4, -0.2) is 37.5 Å². The maximum absolute atomic E-state index is 11.5. The summed E-state index contributed by atoms with van der Waals surface area (Å²) in [6.45, 7) is 0. The summed E-state index contributed by atoms with van der Waals surface area (Å²) in [5, 5.41) is 20.8. The minimum absolute atomic E-state index is 0.112. The molecule has 0 aromatic heterocycles. The molecule has 0 atom stereocenters. The second-order valence-electron chi connectivity index (χ2n) is 4.05. The molecule has 2 N–H and O–H groups in total. The maximum atomic E-state index is 11.5. The van der Waals surface area contributed by atoms with Crippen molar-refractivity contribution in [1.82, 2.24) is 0 Å². The molecule has 0 aliphatic carbocycles. The van der Waals surface area contributed by atoms with Crippen molar-refractivity contribution in [1.29, 1.82) is 0 Å². The maximum Gasteiger partial charge on any atom is 0.338 e. The lowest BCUT2D eigenvalue weighted by Gasteiger charge is -2.14. The topological polar surface area (TPSA) is 85.2 Å². The van der Waals surface area contributed by atoms with Crippen molar-refractivity contribution in [3.63, 3.8) is 0 Å². The minimum Gasteiger partial charge on any atom is -0.507 e. The standard InChI is InChI=1S/C14H14O6/c1-18-12-10(16)5-7-4-8(14(17)20-3)6-9(15)11(7)13(12)19-2/h4-6,15-16H,1-3H3. The molecule has 0 unspecified atom stereocenters. The lowest BCUT2D eigenvalue weighted by Crippen LogP contribution is -2.01. The van der Waals surface area contributed by atoms with Gasteiger partial charge in [-0.05, 0) is 23.6 Å². The molecule has 0 bridgehead atoms. The molecule has 0 aliphatic rings. The van der Waals surface area contributed by atoms with E-state index in [1.807, 2.05) is 0 Å². The Balaban J connectivity index is 2.83. The highest BCUT2D eigenvalue weighted by Crippen LogP contribution is 2.46. The van der Waals surface area contributed by atoms with Gasteiger partial charge >= 0.3 is 5.97 Å². The van der Waals surface area contributed by atoms with E-state index in [1.165, 1.54) is 39.5 Å². The van der Waals surface area contributed by atoms with Crippen LogP contribution in [0.25, 0.3) is 10.8 Å². The van der Waals surface area contributed by atoms with Gasteiger partial charge in [-0.25, -0.2) is 4.79 Å². The number of carbonyl (C=O) groups excluding carboxylic acids is 1. The van der Waals surface area contributed by atoms with Crippen molar-refractivity contribution < 1.29 is 29.2 Å². The van der Waals surface area contributed by atoms with Crippen molar-refractivity contribution >= 4 is 16.7 Å². The number of rotatable bonds is 3. The molecule has 0 heterocycles. The fraction of sp³-hybridized carbons (Fsp3) is 0.214. The number of carbonyl (C=O) groups is 1. The van der Waals surface area contributed by atoms with E-state index in [4.69, 9.17) is 9.47 Å². The Kier molecular flexibility index (Phi) is 3.56. The predicted octanol–water partition coefficient (Wildman–Crippen LogP) is 2.05. The summed E-state index contributed by atoms with van der Waals surface area (Å²) in [7, 11) is 4.02. The quantitative estimate of drug-likeness (QED) is 0.836. The first kappa shape index (κ1) is 13.8. The predicted molar refractivity (Wildman–Crippen MR) is 71.7 cm³/mol. The second kappa shape index (κ2) is 5.16. The number of esters is 1. The van der Waals surface area contributed by atoms with E-state index < -0.39 is 5.97 Å². The summed E-state index contributed by atoms with van der Waals surface area (Å²) in [4.78, 5) is 11.5. The molecule has 20 heavy (non-hydrogen) atoms. The van der Waals surface area contributed by atoms with Gasteiger partial charge in [0.05, 0.1) is 32.3 Å². The van der Waals surface area contributed by atoms with E-state index in [2.05, 4.69) is 4.74 Å². The number of ether oxygens (including phenoxy) is 3. The van der Waals surface area contributed by atoms with Gasteiger partial charge in [-0.15, -0.1) is 0 Å². The molecule has 2 aromatic carbocycles. The van der Waals surface area contributed by atoms with Gasteiger partial charge in [0.15, 0.2) is 11.5 Å². The van der Waals surface area contributed by atoms with E-state index in [9.17, 15) is 15.0 Å². The Morgan fingerprint density at radius 3 is 2.15 bits per heavy atom. The van der Waals surface area contributed by atoms with Crippen LogP contribution in [0.2, 0.25) is 0 Å². The Morgan fingerprint density at radius 2 is 1.60 bits per heavy atom. The number of phenolic OH excluding ortho intramolecular Hbond substituents is 2. The van der Waals surface area contributed by atoms with Crippen molar-refractivity contribution in [2.75, 3.05) is 21.3 Å². The molecule has 2 rings (SSSR count). The van der Waals surface area contributed by atoms with Gasteiger partial charge in [-0.2, -0.15) is 0 Å². The molecule has 0 amide bonds. The molecule has 2 aromatic rings. The van der Waals surface area contributed by atoms with Gasteiger partial charge in [0.1, 0.15) is 5.75 Å². The van der Waals surface area contributed by atoms with Crippen LogP contribution in [-0.2, 0) is 4.74 Å². The first-order chi connectivity index (χ1) is 9.53. The van der Waals surface area contributed by atoms with Crippen LogP contribution >= 0.6 is 0 Å². The van der Waals surface area contributed by atoms with Gasteiger partial charge in [-0.1, -0.05) is 0 Å². The molecule has 0 fully saturated rings. The number of fused-ring (bicyclic) bond motifs is 1. The molecule has 106 valence electrons. The van der Waals surface area contributed by atoms with Gasteiger partial charge in [0, 0.05) is 0 Å². The van der Waals surface area contributed by atoms with Crippen LogP contribution in [0.15, 0.2) is 18.2 Å². The Labute approximate surface area is 115 Å². The number of phenols is 2. The zero-order valence-electron chi connectivity index (χ0n) is 11.3. The highest BCUT2D eigenvalue weighted by atomic mass is 16.5. The lowest BCUT2D eigenvalue weighted by molar-refractivity contribution is 0.0600. The normalized spacial score (nSPS) is 10.3. The van der Waals surface area contributed by atoms with Crippen LogP contribution in [0.1, 0.15) is 10.4 Å². The third-order valence-electron chi connectivity index (χ3n) is 2.94. The molecule has 0 saturated heterocycles. The smallest absolute Gasteiger partial charge is 0.338 e. The number of hydrogen-bond donors (Lipinski definition) is 2. The molecule has 0 saturated carbocycles. The van der Waals surface area contributed by atoms with Crippen LogP contribution in [0.3, 0.4) is 0 Å². The summed E-state index contributed by atoms with van der Waals surface area (Å²) in [5.74, 6) is -0.606. The van der Waals surface area contributed by atoms with Gasteiger partial charge in [0.2, 0.25) is 5.75 Å². The third kappa shape index (κ3) is 2.05. The lowest BCUT2D eigenvalue weighted by atomic mass is 10.0. The number of methoxy groups -OCH3 is 3. The average molecular weight is 278 g/mol. The van der Waals surface area contributed by atoms with Crippen LogP contribution in [0.5, 0.6) is 23.0 Å². The Morgan fingerprint density at radius 1 is 0.950 bits per heavy atom. The average Bonchev–Trinajstić information content (AvgIpc) is 2.44. The summed E-state index contributed by atoms with van der Waals surface area (Å²) < 4.78 is 14.8. The highest BCUT2D eigenvalue weighted by molar-refractivity contribution is 6.02. The van der Waals surface area contributed by atoms with E-state index >= 15 is 0 Å². The first-order valence-corrected chi connectivity index (χ1v) is 5.72. The van der Waals surface area contributed by atoms with E-state index in [-0.39, 0.29) is 28.6 Å². The van der Waals surface area contributed by atoms with Crippen LogP contribution in [0, 0.1) is 0 Å². The number of benzene rings is 2. The van der Waals surface area contributed by atoms with Gasteiger partial charge in [0.25, 0.3) is 0 Å². The fourth-order valence-electron chi connectivity index (χ4n) is 2.08.